The largest absolute Gasteiger partial charge is 0.311 e. The van der Waals surface area contributed by atoms with Gasteiger partial charge in [-0.25, -0.2) is 0 Å². The summed E-state index contributed by atoms with van der Waals surface area (Å²) in [4.78, 5) is 4.80. The van der Waals surface area contributed by atoms with Crippen LogP contribution in [0.3, 0.4) is 0 Å². The Morgan fingerprint density at radius 1 is 0.358 bits per heavy atom. The van der Waals surface area contributed by atoms with E-state index >= 15 is 0 Å². The van der Waals surface area contributed by atoms with Crippen molar-refractivity contribution in [3.8, 4) is 22.3 Å². The third-order valence-corrected chi connectivity index (χ3v) is 10.8. The highest BCUT2D eigenvalue weighted by molar-refractivity contribution is 6.22. The smallest absolute Gasteiger partial charge is 0.0468 e. The summed E-state index contributed by atoms with van der Waals surface area (Å²) in [7, 11) is 0. The SMILES string of the molecule is C1=CC2CC2C=C1N(c1ccccc1)c1ccc2c(-c3ccccc3)c3cc(N(c4ccccc4)c4ccccc4)ccc3c(-c3ccccc3)c2c1. The highest BCUT2D eigenvalue weighted by atomic mass is 15.2. The minimum Gasteiger partial charge on any atom is -0.311 e. The van der Waals surface area contributed by atoms with Crippen LogP contribution in [0.2, 0.25) is 0 Å². The second-order valence-electron chi connectivity index (χ2n) is 14.1. The Hall–Kier alpha value is -6.64. The summed E-state index contributed by atoms with van der Waals surface area (Å²) >= 11 is 0. The Labute approximate surface area is 311 Å². The fourth-order valence-electron chi connectivity index (χ4n) is 8.23. The van der Waals surface area contributed by atoms with Gasteiger partial charge in [-0.1, -0.05) is 140 Å². The molecule has 2 heteroatoms. The molecule has 2 aliphatic rings. The molecule has 2 unspecified atom stereocenters. The summed E-state index contributed by atoms with van der Waals surface area (Å²) in [5, 5.41) is 4.93. The van der Waals surface area contributed by atoms with Crippen LogP contribution in [-0.2, 0) is 0 Å². The van der Waals surface area contributed by atoms with Crippen molar-refractivity contribution in [3.63, 3.8) is 0 Å². The summed E-state index contributed by atoms with van der Waals surface area (Å²) in [6.07, 6.45) is 8.45. The van der Waals surface area contributed by atoms with Crippen molar-refractivity contribution in [1.82, 2.24) is 0 Å². The van der Waals surface area contributed by atoms with Crippen molar-refractivity contribution in [1.29, 1.82) is 0 Å². The van der Waals surface area contributed by atoms with Crippen LogP contribution in [0.4, 0.5) is 28.4 Å². The van der Waals surface area contributed by atoms with Crippen LogP contribution in [0.25, 0.3) is 43.8 Å². The molecule has 8 aromatic rings. The van der Waals surface area contributed by atoms with E-state index in [9.17, 15) is 0 Å². The Bertz CT molecular complexity index is 2590. The first-order valence-corrected chi connectivity index (χ1v) is 18.6. The lowest BCUT2D eigenvalue weighted by atomic mass is 9.85. The molecular weight excluding hydrogens is 641 g/mol. The molecule has 0 aliphatic heterocycles. The van der Waals surface area contributed by atoms with Gasteiger partial charge < -0.3 is 9.80 Å². The van der Waals surface area contributed by atoms with E-state index < -0.39 is 0 Å². The first-order chi connectivity index (χ1) is 26.3. The molecule has 0 aromatic heterocycles. The van der Waals surface area contributed by atoms with Crippen LogP contribution in [0.5, 0.6) is 0 Å². The van der Waals surface area contributed by atoms with Crippen molar-refractivity contribution in [2.75, 3.05) is 9.80 Å². The van der Waals surface area contributed by atoms with Gasteiger partial charge in [0.05, 0.1) is 0 Å². The maximum Gasteiger partial charge on any atom is 0.0468 e. The van der Waals surface area contributed by atoms with Gasteiger partial charge in [-0.15, -0.1) is 0 Å². The molecule has 0 amide bonds. The zero-order valence-electron chi connectivity index (χ0n) is 29.4. The molecule has 0 saturated heterocycles. The normalized spacial score (nSPS) is 15.9. The summed E-state index contributed by atoms with van der Waals surface area (Å²) in [6, 6.07) is 68.2. The van der Waals surface area contributed by atoms with Gasteiger partial charge in [0.15, 0.2) is 0 Å². The molecule has 2 atom stereocenters. The molecule has 0 heterocycles. The summed E-state index contributed by atoms with van der Waals surface area (Å²) in [5.41, 5.74) is 11.8. The number of nitrogens with zero attached hydrogens (tertiary/aromatic N) is 2. The van der Waals surface area contributed by atoms with Crippen LogP contribution in [0.15, 0.2) is 212 Å². The Morgan fingerprint density at radius 3 is 1.23 bits per heavy atom. The molecule has 0 N–H and O–H groups in total. The van der Waals surface area contributed by atoms with E-state index in [1.54, 1.807) is 0 Å². The van der Waals surface area contributed by atoms with E-state index in [1.165, 1.54) is 61.6 Å². The van der Waals surface area contributed by atoms with E-state index in [4.69, 9.17) is 0 Å². The molecule has 0 radical (unpaired) electrons. The van der Waals surface area contributed by atoms with Gasteiger partial charge in [-0.2, -0.15) is 0 Å². The maximum atomic E-state index is 2.47. The maximum absolute atomic E-state index is 2.47. The standard InChI is InChI=1S/C51H38N2/c1-6-16-36(17-7-1)50-47-31-29-45(53(42-24-14-5-15-25-42)43-27-26-38-32-39(38)33-43)35-49(47)51(37-18-8-2-9-19-37)46-30-28-44(34-48(46)50)52(40-20-10-3-11-21-40)41-22-12-4-13-23-41/h1-31,33-35,38-39H,32H2. The topological polar surface area (TPSA) is 6.48 Å². The van der Waals surface area contributed by atoms with E-state index in [2.05, 4.69) is 216 Å². The lowest BCUT2D eigenvalue weighted by molar-refractivity contribution is 0.951. The van der Waals surface area contributed by atoms with Crippen molar-refractivity contribution >= 4 is 50.0 Å². The van der Waals surface area contributed by atoms with Gasteiger partial charge in [0, 0.05) is 34.1 Å². The van der Waals surface area contributed by atoms with E-state index in [0.29, 0.717) is 11.8 Å². The highest BCUT2D eigenvalue weighted by Crippen LogP contribution is 2.49. The van der Waals surface area contributed by atoms with Gasteiger partial charge >= 0.3 is 0 Å². The molecule has 1 saturated carbocycles. The molecule has 10 rings (SSSR count). The summed E-state index contributed by atoms with van der Waals surface area (Å²) in [6.45, 7) is 0. The second kappa shape index (κ2) is 13.2. The minimum absolute atomic E-state index is 0.635. The van der Waals surface area contributed by atoms with Crippen molar-refractivity contribution < 1.29 is 0 Å². The molecule has 1 fully saturated rings. The number of anilines is 5. The number of fused-ring (bicyclic) bond motifs is 3. The summed E-state index contributed by atoms with van der Waals surface area (Å²) < 4.78 is 0. The first-order valence-electron chi connectivity index (χ1n) is 18.6. The average Bonchev–Trinajstić information content (AvgIpc) is 4.01. The number of hydrogen-bond acceptors (Lipinski definition) is 2. The molecular formula is C51H38N2. The molecule has 0 bridgehead atoms. The molecule has 0 spiro atoms. The molecule has 53 heavy (non-hydrogen) atoms. The number of para-hydroxylation sites is 3. The predicted octanol–water partition coefficient (Wildman–Crippen LogP) is 14.0. The lowest BCUT2D eigenvalue weighted by Gasteiger charge is -2.29. The molecule has 252 valence electrons. The highest BCUT2D eigenvalue weighted by Gasteiger charge is 2.36. The quantitative estimate of drug-likeness (QED) is 0.148. The third-order valence-electron chi connectivity index (χ3n) is 10.8. The van der Waals surface area contributed by atoms with Crippen molar-refractivity contribution in [2.45, 2.75) is 6.42 Å². The van der Waals surface area contributed by atoms with Gasteiger partial charge in [-0.05, 0) is 129 Å². The lowest BCUT2D eigenvalue weighted by Crippen LogP contribution is -2.16. The fourth-order valence-corrected chi connectivity index (χ4v) is 8.23. The number of benzene rings is 8. The van der Waals surface area contributed by atoms with Gasteiger partial charge in [0.2, 0.25) is 0 Å². The molecule has 8 aromatic carbocycles. The fraction of sp³-hybridized carbons (Fsp3) is 0.0588. The Balaban J connectivity index is 1.27. The molecule has 2 nitrogen and oxygen atoms in total. The Kier molecular flexibility index (Phi) is 7.73. The Morgan fingerprint density at radius 2 is 0.774 bits per heavy atom. The van der Waals surface area contributed by atoms with Gasteiger partial charge in [0.1, 0.15) is 0 Å². The summed E-state index contributed by atoms with van der Waals surface area (Å²) in [5.74, 6) is 1.33. The second-order valence-corrected chi connectivity index (χ2v) is 14.1. The van der Waals surface area contributed by atoms with E-state index in [1.807, 2.05) is 0 Å². The predicted molar refractivity (Wildman–Crippen MR) is 224 cm³/mol. The van der Waals surface area contributed by atoms with Crippen LogP contribution >= 0.6 is 0 Å². The average molecular weight is 679 g/mol. The zero-order chi connectivity index (χ0) is 35.1. The van der Waals surface area contributed by atoms with Gasteiger partial charge in [0.25, 0.3) is 0 Å². The number of allylic oxidation sites excluding steroid dienone is 3. The minimum atomic E-state index is 0.635. The number of hydrogen-bond donors (Lipinski definition) is 0. The van der Waals surface area contributed by atoms with Crippen LogP contribution < -0.4 is 9.80 Å². The van der Waals surface area contributed by atoms with Crippen molar-refractivity contribution in [2.24, 2.45) is 11.8 Å². The zero-order valence-corrected chi connectivity index (χ0v) is 29.4. The van der Waals surface area contributed by atoms with E-state index in [0.717, 1.165) is 22.7 Å². The van der Waals surface area contributed by atoms with Crippen LogP contribution in [-0.4, -0.2) is 0 Å². The number of rotatable bonds is 8. The first kappa shape index (κ1) is 31.1. The van der Waals surface area contributed by atoms with E-state index in [-0.39, 0.29) is 0 Å². The third kappa shape index (κ3) is 5.70. The van der Waals surface area contributed by atoms with Crippen LogP contribution in [0, 0.1) is 11.8 Å². The molecule has 2 aliphatic carbocycles. The van der Waals surface area contributed by atoms with Crippen LogP contribution in [0.1, 0.15) is 6.42 Å². The van der Waals surface area contributed by atoms with Gasteiger partial charge in [-0.3, -0.25) is 0 Å². The monoisotopic (exact) mass is 678 g/mol. The van der Waals surface area contributed by atoms with Crippen molar-refractivity contribution in [3.05, 3.63) is 212 Å².